The molecule has 0 radical (unpaired) electrons. The second kappa shape index (κ2) is 7.44. The number of primary amides is 1. The number of carbonyl (C=O) groups is 1. The zero-order valence-corrected chi connectivity index (χ0v) is 16.2. The summed E-state index contributed by atoms with van der Waals surface area (Å²) >= 11 is 3.29. The minimum Gasteiger partial charge on any atom is -0.497 e. The lowest BCUT2D eigenvalue weighted by atomic mass is 10.2. The maximum Gasteiger partial charge on any atom is 0.266 e. The van der Waals surface area contributed by atoms with Crippen molar-refractivity contribution in [3.8, 4) is 11.4 Å². The van der Waals surface area contributed by atoms with E-state index < -0.39 is 5.91 Å². The predicted octanol–water partition coefficient (Wildman–Crippen LogP) is 2.58. The van der Waals surface area contributed by atoms with E-state index in [0.29, 0.717) is 27.5 Å². The number of hydrogen-bond donors (Lipinski definition) is 1. The van der Waals surface area contributed by atoms with E-state index in [4.69, 9.17) is 10.5 Å². The molecule has 2 aromatic carbocycles. The van der Waals surface area contributed by atoms with Crippen molar-refractivity contribution in [2.24, 2.45) is 5.73 Å². The van der Waals surface area contributed by atoms with E-state index in [1.54, 1.807) is 43.5 Å². The van der Waals surface area contributed by atoms with Gasteiger partial charge in [-0.15, -0.1) is 0 Å². The van der Waals surface area contributed by atoms with Gasteiger partial charge in [-0.3, -0.25) is 14.2 Å². The summed E-state index contributed by atoms with van der Waals surface area (Å²) in [5, 5.41) is 0.939. The van der Waals surface area contributed by atoms with Crippen molar-refractivity contribution in [2.75, 3.05) is 12.9 Å². The fourth-order valence-corrected chi connectivity index (χ4v) is 3.57. The molecule has 0 unspecified atom stereocenters. The van der Waals surface area contributed by atoms with Gasteiger partial charge in [-0.1, -0.05) is 11.8 Å². The van der Waals surface area contributed by atoms with Gasteiger partial charge in [0.05, 0.1) is 29.5 Å². The second-order valence-corrected chi connectivity index (χ2v) is 7.34. The van der Waals surface area contributed by atoms with Crippen molar-refractivity contribution in [1.29, 1.82) is 0 Å². The molecule has 25 heavy (non-hydrogen) atoms. The summed E-state index contributed by atoms with van der Waals surface area (Å²) in [6, 6.07) is 12.6. The Morgan fingerprint density at radius 3 is 2.64 bits per heavy atom. The van der Waals surface area contributed by atoms with Crippen LogP contribution in [0.4, 0.5) is 0 Å². The van der Waals surface area contributed by atoms with Gasteiger partial charge < -0.3 is 10.5 Å². The summed E-state index contributed by atoms with van der Waals surface area (Å²) in [4.78, 5) is 28.8. The Labute approximate surface area is 161 Å². The van der Waals surface area contributed by atoms with Gasteiger partial charge in [0, 0.05) is 3.57 Å². The van der Waals surface area contributed by atoms with E-state index in [0.717, 1.165) is 15.3 Å². The summed E-state index contributed by atoms with van der Waals surface area (Å²) in [6.07, 6.45) is 0. The number of nitrogens with zero attached hydrogens (tertiary/aromatic N) is 2. The number of amides is 1. The van der Waals surface area contributed by atoms with Gasteiger partial charge >= 0.3 is 0 Å². The fraction of sp³-hybridized carbons (Fsp3) is 0.118. The number of aromatic nitrogens is 2. The molecule has 1 aromatic heterocycles. The number of methoxy groups -OCH3 is 1. The summed E-state index contributed by atoms with van der Waals surface area (Å²) in [5.74, 6) is 0.257. The molecule has 0 spiro atoms. The Balaban J connectivity index is 2.24. The Hall–Kier alpha value is -2.07. The fourth-order valence-electron chi connectivity index (χ4n) is 2.33. The van der Waals surface area contributed by atoms with Crippen LogP contribution in [0.3, 0.4) is 0 Å². The van der Waals surface area contributed by atoms with Crippen LogP contribution in [0.15, 0.2) is 52.4 Å². The Morgan fingerprint density at radius 1 is 1.28 bits per heavy atom. The molecule has 6 nitrogen and oxygen atoms in total. The van der Waals surface area contributed by atoms with E-state index in [2.05, 4.69) is 27.6 Å². The number of carbonyl (C=O) groups excluding carboxylic acids is 1. The number of ether oxygens (including phenoxy) is 1. The van der Waals surface area contributed by atoms with Crippen LogP contribution in [0, 0.1) is 3.57 Å². The maximum absolute atomic E-state index is 13.1. The Bertz CT molecular complexity index is 1000. The van der Waals surface area contributed by atoms with Gasteiger partial charge in [0.25, 0.3) is 5.56 Å². The molecule has 0 fully saturated rings. The average molecular weight is 467 g/mol. The maximum atomic E-state index is 13.1. The van der Waals surface area contributed by atoms with Gasteiger partial charge in [0.1, 0.15) is 5.75 Å². The molecule has 8 heteroatoms. The average Bonchev–Trinajstić information content (AvgIpc) is 2.61. The van der Waals surface area contributed by atoms with Gasteiger partial charge in [0.2, 0.25) is 5.91 Å². The molecule has 0 saturated carbocycles. The first-order chi connectivity index (χ1) is 12.0. The van der Waals surface area contributed by atoms with Crippen LogP contribution in [0.1, 0.15) is 0 Å². The van der Waals surface area contributed by atoms with E-state index in [-0.39, 0.29) is 11.3 Å². The molecule has 2 N–H and O–H groups in total. The number of halogens is 1. The molecule has 0 aliphatic rings. The number of fused-ring (bicyclic) bond motifs is 1. The molecule has 3 aromatic rings. The molecule has 0 bridgehead atoms. The zero-order valence-electron chi connectivity index (χ0n) is 13.2. The summed E-state index contributed by atoms with van der Waals surface area (Å²) in [5.41, 5.74) is 6.28. The summed E-state index contributed by atoms with van der Waals surface area (Å²) in [6.45, 7) is 0. The SMILES string of the molecule is COc1ccc(-n2c(SCC(N)=O)nc3ccc(I)cc3c2=O)cc1. The number of thioether (sulfide) groups is 1. The van der Waals surface area contributed by atoms with Gasteiger partial charge in [-0.05, 0) is 65.1 Å². The van der Waals surface area contributed by atoms with E-state index in [1.807, 2.05) is 6.07 Å². The molecule has 0 aliphatic carbocycles. The van der Waals surface area contributed by atoms with E-state index in [9.17, 15) is 9.59 Å². The van der Waals surface area contributed by atoms with Crippen molar-refractivity contribution in [3.05, 3.63) is 56.4 Å². The predicted molar refractivity (Wildman–Crippen MR) is 107 cm³/mol. The third kappa shape index (κ3) is 3.79. The Morgan fingerprint density at radius 2 is 2.00 bits per heavy atom. The molecule has 1 heterocycles. The molecule has 128 valence electrons. The topological polar surface area (TPSA) is 87.2 Å². The van der Waals surface area contributed by atoms with Crippen LogP contribution in [0.5, 0.6) is 5.75 Å². The number of rotatable bonds is 5. The first kappa shape index (κ1) is 17.7. The number of nitrogens with two attached hydrogens (primary N) is 1. The highest BCUT2D eigenvalue weighted by Gasteiger charge is 2.14. The van der Waals surface area contributed by atoms with Crippen LogP contribution in [-0.2, 0) is 4.79 Å². The van der Waals surface area contributed by atoms with Gasteiger partial charge in [-0.25, -0.2) is 4.98 Å². The quantitative estimate of drug-likeness (QED) is 0.354. The zero-order chi connectivity index (χ0) is 18.0. The number of hydrogen-bond acceptors (Lipinski definition) is 5. The molecule has 0 aliphatic heterocycles. The van der Waals surface area contributed by atoms with Crippen LogP contribution in [0.25, 0.3) is 16.6 Å². The van der Waals surface area contributed by atoms with Gasteiger partial charge in [0.15, 0.2) is 5.16 Å². The van der Waals surface area contributed by atoms with Crippen molar-refractivity contribution in [3.63, 3.8) is 0 Å². The smallest absolute Gasteiger partial charge is 0.266 e. The van der Waals surface area contributed by atoms with Crippen LogP contribution < -0.4 is 16.0 Å². The molecule has 3 rings (SSSR count). The third-order valence-electron chi connectivity index (χ3n) is 3.47. The lowest BCUT2D eigenvalue weighted by Gasteiger charge is -2.13. The molecular weight excluding hydrogens is 453 g/mol. The monoisotopic (exact) mass is 467 g/mol. The minimum absolute atomic E-state index is 0.0401. The highest BCUT2D eigenvalue weighted by molar-refractivity contribution is 14.1. The molecular formula is C17H14IN3O3S. The first-order valence-corrected chi connectivity index (χ1v) is 9.34. The van der Waals surface area contributed by atoms with Gasteiger partial charge in [-0.2, -0.15) is 0 Å². The van der Waals surface area contributed by atoms with Crippen LogP contribution in [-0.4, -0.2) is 28.3 Å². The third-order valence-corrected chi connectivity index (χ3v) is 5.11. The van der Waals surface area contributed by atoms with Crippen molar-refractivity contribution >= 4 is 51.2 Å². The van der Waals surface area contributed by atoms with Crippen molar-refractivity contribution in [1.82, 2.24) is 9.55 Å². The minimum atomic E-state index is -0.469. The summed E-state index contributed by atoms with van der Waals surface area (Å²) in [7, 11) is 1.58. The first-order valence-electron chi connectivity index (χ1n) is 7.27. The normalized spacial score (nSPS) is 10.8. The summed E-state index contributed by atoms with van der Waals surface area (Å²) < 4.78 is 7.60. The van der Waals surface area contributed by atoms with E-state index in [1.165, 1.54) is 4.57 Å². The highest BCUT2D eigenvalue weighted by atomic mass is 127. The largest absolute Gasteiger partial charge is 0.497 e. The second-order valence-electron chi connectivity index (χ2n) is 5.15. The molecule has 0 atom stereocenters. The number of benzene rings is 2. The van der Waals surface area contributed by atoms with Crippen LogP contribution in [0.2, 0.25) is 0 Å². The Kier molecular flexibility index (Phi) is 5.28. The highest BCUT2D eigenvalue weighted by Crippen LogP contribution is 2.23. The lowest BCUT2D eigenvalue weighted by molar-refractivity contribution is -0.115. The van der Waals surface area contributed by atoms with Crippen molar-refractivity contribution in [2.45, 2.75) is 5.16 Å². The lowest BCUT2D eigenvalue weighted by Crippen LogP contribution is -2.23. The standard InChI is InChI=1S/C17H14IN3O3S/c1-24-12-5-3-11(4-6-12)21-16(23)13-8-10(18)2-7-14(13)20-17(21)25-9-15(19)22/h2-8H,9H2,1H3,(H2,19,22). The van der Waals surface area contributed by atoms with Crippen molar-refractivity contribution < 1.29 is 9.53 Å². The van der Waals surface area contributed by atoms with E-state index >= 15 is 0 Å². The molecule has 1 amide bonds. The molecule has 0 saturated heterocycles. The van der Waals surface area contributed by atoms with Crippen LogP contribution >= 0.6 is 34.4 Å².